The standard InChI is InChI=1S/C10H16.C8H8Se2.Ir/c1-6-7(2)9(4)10(5)8(6)3;1-5-3-8(10)6(2)4-7(5)9;/h6H,1-5H3;3-4H,1-2H3;. The van der Waals surface area contributed by atoms with Gasteiger partial charge in [-0.25, -0.2) is 0 Å². The summed E-state index contributed by atoms with van der Waals surface area (Å²) in [5.74, 6) is 0.694. The van der Waals surface area contributed by atoms with Gasteiger partial charge in [0.25, 0.3) is 0 Å². The van der Waals surface area contributed by atoms with E-state index in [2.05, 4.69) is 91.8 Å². The predicted molar refractivity (Wildman–Crippen MR) is 94.9 cm³/mol. The van der Waals surface area contributed by atoms with Gasteiger partial charge in [-0.15, -0.1) is 0 Å². The molecule has 0 spiro atoms. The van der Waals surface area contributed by atoms with Crippen molar-refractivity contribution in [2.45, 2.75) is 48.5 Å². The van der Waals surface area contributed by atoms with Gasteiger partial charge in [0.05, 0.1) is 0 Å². The van der Waals surface area contributed by atoms with Gasteiger partial charge in [-0.05, 0) is 44.8 Å². The van der Waals surface area contributed by atoms with Crippen molar-refractivity contribution in [1.82, 2.24) is 0 Å². The van der Waals surface area contributed by atoms with Crippen LogP contribution in [0, 0.1) is 5.92 Å². The van der Waals surface area contributed by atoms with Crippen molar-refractivity contribution in [3.63, 3.8) is 0 Å². The summed E-state index contributed by atoms with van der Waals surface area (Å²) in [4.78, 5) is 0. The second-order valence-corrected chi connectivity index (χ2v) is 7.57. The van der Waals surface area contributed by atoms with Crippen molar-refractivity contribution in [3.05, 3.63) is 45.6 Å². The molecule has 0 aromatic rings. The van der Waals surface area contributed by atoms with Crippen molar-refractivity contribution in [3.8, 4) is 0 Å². The average molecular weight is 591 g/mol. The fourth-order valence-corrected chi connectivity index (χ4v) is 3.32. The molecular weight excluding hydrogens is 566 g/mol. The van der Waals surface area contributed by atoms with Crippen molar-refractivity contribution >= 4 is 40.0 Å². The number of hydrogen-bond donors (Lipinski definition) is 0. The summed E-state index contributed by atoms with van der Waals surface area (Å²) in [6.07, 6.45) is 4.31. The summed E-state index contributed by atoms with van der Waals surface area (Å²) >= 11 is 6.05. The molecule has 2 aliphatic carbocycles. The van der Waals surface area contributed by atoms with E-state index in [9.17, 15) is 0 Å². The summed E-state index contributed by atoms with van der Waals surface area (Å²) in [7, 11) is 0. The van der Waals surface area contributed by atoms with Crippen molar-refractivity contribution in [2.24, 2.45) is 5.92 Å². The van der Waals surface area contributed by atoms with Crippen LogP contribution >= 0.6 is 0 Å². The van der Waals surface area contributed by atoms with Crippen LogP contribution in [0.2, 0.25) is 0 Å². The van der Waals surface area contributed by atoms with E-state index >= 15 is 0 Å². The molecule has 0 bridgehead atoms. The minimum atomic E-state index is 0. The van der Waals surface area contributed by atoms with Crippen molar-refractivity contribution in [2.75, 3.05) is 0 Å². The molecule has 21 heavy (non-hydrogen) atoms. The molecule has 0 heterocycles. The van der Waals surface area contributed by atoms with Crippen LogP contribution in [0.5, 0.6) is 0 Å². The first-order valence-corrected chi connectivity index (χ1v) is 8.68. The SMILES string of the molecule is CC1=C(C)C(C)C(C)=C1C.CC1=CC(=[Se])C(C)=CC1=[Se].[Ir]. The van der Waals surface area contributed by atoms with Gasteiger partial charge in [0.1, 0.15) is 0 Å². The van der Waals surface area contributed by atoms with Gasteiger partial charge in [-0.2, -0.15) is 0 Å². The molecule has 0 nitrogen and oxygen atoms in total. The summed E-state index contributed by atoms with van der Waals surface area (Å²) in [6.45, 7) is 15.4. The van der Waals surface area contributed by atoms with Crippen LogP contribution in [0.3, 0.4) is 0 Å². The Hall–Kier alpha value is 0.388. The molecule has 0 unspecified atom stereocenters. The van der Waals surface area contributed by atoms with Gasteiger partial charge < -0.3 is 0 Å². The van der Waals surface area contributed by atoms with E-state index in [-0.39, 0.29) is 20.1 Å². The van der Waals surface area contributed by atoms with Crippen LogP contribution in [0.15, 0.2) is 45.6 Å². The van der Waals surface area contributed by atoms with E-state index in [1.165, 1.54) is 31.1 Å². The normalized spacial score (nSPS) is 19.0. The second-order valence-electron chi connectivity index (χ2n) is 5.72. The minimum absolute atomic E-state index is 0. The van der Waals surface area contributed by atoms with E-state index in [0.717, 1.165) is 0 Å². The quantitative estimate of drug-likeness (QED) is 0.376. The summed E-state index contributed by atoms with van der Waals surface area (Å²) < 4.78 is 2.49. The molecule has 0 aromatic carbocycles. The van der Waals surface area contributed by atoms with E-state index < -0.39 is 0 Å². The predicted octanol–water partition coefficient (Wildman–Crippen LogP) is 3.88. The van der Waals surface area contributed by atoms with Crippen LogP contribution in [0.1, 0.15) is 48.5 Å². The van der Waals surface area contributed by atoms with Gasteiger partial charge in [-0.3, -0.25) is 0 Å². The molecule has 0 amide bonds. The first kappa shape index (κ1) is 21.4. The number of rotatable bonds is 0. The molecule has 0 fully saturated rings. The summed E-state index contributed by atoms with van der Waals surface area (Å²) in [5.41, 5.74) is 8.72. The van der Waals surface area contributed by atoms with E-state index in [1.54, 1.807) is 11.1 Å². The van der Waals surface area contributed by atoms with Crippen molar-refractivity contribution in [1.29, 1.82) is 0 Å². The van der Waals surface area contributed by atoms with Gasteiger partial charge in [0.2, 0.25) is 0 Å². The van der Waals surface area contributed by atoms with Gasteiger partial charge in [-0.1, -0.05) is 18.1 Å². The Morgan fingerprint density at radius 2 is 1.00 bits per heavy atom. The van der Waals surface area contributed by atoms with Crippen LogP contribution in [0.25, 0.3) is 0 Å². The first-order chi connectivity index (χ1) is 9.16. The van der Waals surface area contributed by atoms with Crippen molar-refractivity contribution < 1.29 is 20.1 Å². The second kappa shape index (κ2) is 8.87. The Kier molecular flexibility index (Phi) is 9.04. The topological polar surface area (TPSA) is 0 Å². The molecular formula is C18H24IrSe2. The Bertz CT molecular complexity index is 534. The molecule has 2 rings (SSSR count). The maximum Gasteiger partial charge on any atom is 0 e. The zero-order valence-electron chi connectivity index (χ0n) is 13.9. The third-order valence-corrected chi connectivity index (χ3v) is 6.36. The third kappa shape index (κ3) is 5.21. The minimum Gasteiger partial charge on any atom is 0 e. The molecule has 0 saturated heterocycles. The first-order valence-electron chi connectivity index (χ1n) is 6.97. The zero-order valence-corrected chi connectivity index (χ0v) is 19.7. The molecule has 0 atom stereocenters. The van der Waals surface area contributed by atoms with Crippen LogP contribution in [-0.2, 0) is 20.1 Å². The molecule has 117 valence electrons. The summed E-state index contributed by atoms with van der Waals surface area (Å²) in [6, 6.07) is 0. The van der Waals surface area contributed by atoms with E-state index in [4.69, 9.17) is 0 Å². The molecule has 3 heteroatoms. The Morgan fingerprint density at radius 1 is 0.714 bits per heavy atom. The molecule has 1 radical (unpaired) electrons. The summed E-state index contributed by atoms with van der Waals surface area (Å²) in [5, 5.41) is 0. The van der Waals surface area contributed by atoms with Gasteiger partial charge >= 0.3 is 77.1 Å². The number of allylic oxidation sites excluding steroid dienone is 8. The maximum absolute atomic E-state index is 3.02. The maximum atomic E-state index is 3.02. The molecule has 0 aromatic heterocycles. The fourth-order valence-electron chi connectivity index (χ4n) is 2.33. The Balaban J connectivity index is 0.000000364. The fraction of sp³-hybridized carbons (Fsp3) is 0.444. The van der Waals surface area contributed by atoms with Crippen LogP contribution < -0.4 is 0 Å². The Labute approximate surface area is 159 Å². The molecule has 0 aliphatic heterocycles. The van der Waals surface area contributed by atoms with Gasteiger partial charge in [0, 0.05) is 20.1 Å². The molecule has 0 saturated carbocycles. The smallest absolute Gasteiger partial charge is 0 e. The monoisotopic (exact) mass is 593 g/mol. The Morgan fingerprint density at radius 3 is 1.19 bits per heavy atom. The van der Waals surface area contributed by atoms with Gasteiger partial charge in [0.15, 0.2) is 0 Å². The van der Waals surface area contributed by atoms with Crippen LogP contribution in [0.4, 0.5) is 0 Å². The van der Waals surface area contributed by atoms with Crippen LogP contribution in [-0.4, -0.2) is 40.0 Å². The molecule has 2 aliphatic rings. The average Bonchev–Trinajstić information content (AvgIpc) is 2.56. The van der Waals surface area contributed by atoms with E-state index in [1.807, 2.05) is 0 Å². The zero-order chi connectivity index (χ0) is 15.6. The largest absolute Gasteiger partial charge is 0 e. The molecule has 0 N–H and O–H groups in total. The van der Waals surface area contributed by atoms with E-state index in [0.29, 0.717) is 5.92 Å². The third-order valence-electron chi connectivity index (χ3n) is 4.52. The number of hydrogen-bond acceptors (Lipinski definition) is 0.